The van der Waals surface area contributed by atoms with Crippen LogP contribution >= 0.6 is 0 Å². The zero-order valence-electron chi connectivity index (χ0n) is 10.9. The Labute approximate surface area is 103 Å². The van der Waals surface area contributed by atoms with E-state index in [1.54, 1.807) is 0 Å². The van der Waals surface area contributed by atoms with Gasteiger partial charge in [-0.15, -0.1) is 0 Å². The lowest BCUT2D eigenvalue weighted by molar-refractivity contribution is -0.145. The molecule has 2 atom stereocenters. The summed E-state index contributed by atoms with van der Waals surface area (Å²) in [5.41, 5.74) is 0. The number of methoxy groups -OCH3 is 1. The molecule has 2 unspecified atom stereocenters. The lowest BCUT2D eigenvalue weighted by atomic mass is 10.2. The van der Waals surface area contributed by atoms with E-state index in [0.717, 1.165) is 19.4 Å². The van der Waals surface area contributed by atoms with Gasteiger partial charge in [0.2, 0.25) is 0 Å². The molecule has 1 rings (SSSR count). The van der Waals surface area contributed by atoms with Crippen molar-refractivity contribution in [3.8, 4) is 0 Å². The van der Waals surface area contributed by atoms with Gasteiger partial charge in [0, 0.05) is 12.6 Å². The first-order valence-corrected chi connectivity index (χ1v) is 6.16. The molecule has 1 N–H and O–H groups in total. The van der Waals surface area contributed by atoms with Crippen LogP contribution in [-0.4, -0.2) is 51.1 Å². The molecule has 1 fully saturated rings. The largest absolute Gasteiger partial charge is 0.468 e. The number of nitrogens with one attached hydrogen (secondary N) is 1. The number of esters is 1. The number of carbonyl (C=O) groups is 1. The topological polar surface area (TPSA) is 56.8 Å². The maximum absolute atomic E-state index is 11.5. The van der Waals surface area contributed by atoms with Gasteiger partial charge < -0.3 is 19.5 Å². The van der Waals surface area contributed by atoms with Crippen LogP contribution in [-0.2, 0) is 19.0 Å². The van der Waals surface area contributed by atoms with E-state index in [4.69, 9.17) is 14.2 Å². The highest BCUT2D eigenvalue weighted by Gasteiger charge is 2.21. The van der Waals surface area contributed by atoms with Crippen LogP contribution in [0.15, 0.2) is 0 Å². The molecule has 0 aromatic heterocycles. The number of ether oxygens (including phenoxy) is 3. The van der Waals surface area contributed by atoms with Gasteiger partial charge in [0.1, 0.15) is 6.04 Å². The molecule has 1 heterocycles. The average Bonchev–Trinajstić information content (AvgIpc) is 2.79. The molecule has 0 aromatic carbocycles. The molecule has 1 aliphatic rings. The molecule has 0 radical (unpaired) electrons. The van der Waals surface area contributed by atoms with Crippen molar-refractivity contribution in [1.82, 2.24) is 5.32 Å². The van der Waals surface area contributed by atoms with Gasteiger partial charge in [0.15, 0.2) is 0 Å². The zero-order valence-corrected chi connectivity index (χ0v) is 10.9. The normalized spacial score (nSPS) is 21.8. The van der Waals surface area contributed by atoms with Crippen molar-refractivity contribution in [3.05, 3.63) is 0 Å². The molecule has 1 aliphatic heterocycles. The molecule has 1 saturated heterocycles. The van der Waals surface area contributed by atoms with Crippen LogP contribution in [0.3, 0.4) is 0 Å². The second-order valence-corrected chi connectivity index (χ2v) is 4.57. The minimum atomic E-state index is -0.401. The maximum atomic E-state index is 11.5. The lowest BCUT2D eigenvalue weighted by Crippen LogP contribution is -2.45. The van der Waals surface area contributed by atoms with Gasteiger partial charge in [-0.1, -0.05) is 13.8 Å². The third-order valence-corrected chi connectivity index (χ3v) is 2.63. The first-order valence-electron chi connectivity index (χ1n) is 6.16. The summed E-state index contributed by atoms with van der Waals surface area (Å²) in [6.07, 6.45) is 2.33. The van der Waals surface area contributed by atoms with Crippen molar-refractivity contribution < 1.29 is 19.0 Å². The molecule has 17 heavy (non-hydrogen) atoms. The van der Waals surface area contributed by atoms with E-state index in [0.29, 0.717) is 13.2 Å². The molecule has 100 valence electrons. The van der Waals surface area contributed by atoms with E-state index in [-0.39, 0.29) is 18.1 Å². The Bertz CT molecular complexity index is 227. The SMILES string of the molecule is COC(=O)C(COCC1CCCO1)NC(C)C. The second-order valence-electron chi connectivity index (χ2n) is 4.57. The predicted octanol–water partition coefficient (Wildman–Crippen LogP) is 0.722. The van der Waals surface area contributed by atoms with Gasteiger partial charge in [-0.05, 0) is 12.8 Å². The highest BCUT2D eigenvalue weighted by atomic mass is 16.5. The van der Waals surface area contributed by atoms with Gasteiger partial charge in [-0.25, -0.2) is 0 Å². The Morgan fingerprint density at radius 3 is 2.82 bits per heavy atom. The van der Waals surface area contributed by atoms with Crippen LogP contribution in [0.2, 0.25) is 0 Å². The van der Waals surface area contributed by atoms with Crippen LogP contribution in [0.1, 0.15) is 26.7 Å². The smallest absolute Gasteiger partial charge is 0.325 e. The predicted molar refractivity (Wildman–Crippen MR) is 63.9 cm³/mol. The fourth-order valence-electron chi connectivity index (χ4n) is 1.82. The zero-order chi connectivity index (χ0) is 12.7. The van der Waals surface area contributed by atoms with Crippen molar-refractivity contribution in [1.29, 1.82) is 0 Å². The third kappa shape index (κ3) is 5.48. The summed E-state index contributed by atoms with van der Waals surface area (Å²) in [6.45, 7) is 5.66. The Kier molecular flexibility index (Phi) is 6.47. The van der Waals surface area contributed by atoms with Crippen molar-refractivity contribution in [3.63, 3.8) is 0 Å². The van der Waals surface area contributed by atoms with E-state index in [1.807, 2.05) is 13.8 Å². The molecular weight excluding hydrogens is 222 g/mol. The molecular formula is C12H23NO4. The summed E-state index contributed by atoms with van der Waals surface area (Å²) >= 11 is 0. The molecule has 5 heteroatoms. The quantitative estimate of drug-likeness (QED) is 0.670. The van der Waals surface area contributed by atoms with E-state index < -0.39 is 6.04 Å². The van der Waals surface area contributed by atoms with Gasteiger partial charge in [0.05, 0.1) is 26.4 Å². The summed E-state index contributed by atoms with van der Waals surface area (Å²) in [6, 6.07) is -0.188. The first kappa shape index (κ1) is 14.4. The Morgan fingerprint density at radius 1 is 1.53 bits per heavy atom. The van der Waals surface area contributed by atoms with E-state index in [9.17, 15) is 4.79 Å². The van der Waals surface area contributed by atoms with Crippen LogP contribution in [0, 0.1) is 0 Å². The van der Waals surface area contributed by atoms with Crippen molar-refractivity contribution >= 4 is 5.97 Å². The van der Waals surface area contributed by atoms with Gasteiger partial charge in [-0.3, -0.25) is 4.79 Å². The average molecular weight is 245 g/mol. The Balaban J connectivity index is 2.24. The summed E-state index contributed by atoms with van der Waals surface area (Å²) in [7, 11) is 1.39. The number of hydrogen-bond donors (Lipinski definition) is 1. The van der Waals surface area contributed by atoms with Gasteiger partial charge in [0.25, 0.3) is 0 Å². The van der Waals surface area contributed by atoms with Crippen LogP contribution in [0.4, 0.5) is 0 Å². The molecule has 5 nitrogen and oxygen atoms in total. The Hall–Kier alpha value is -0.650. The number of rotatable bonds is 7. The van der Waals surface area contributed by atoms with E-state index >= 15 is 0 Å². The first-order chi connectivity index (χ1) is 8.13. The summed E-state index contributed by atoms with van der Waals surface area (Å²) < 4.78 is 15.7. The molecule has 0 spiro atoms. The van der Waals surface area contributed by atoms with Crippen molar-refractivity contribution in [2.75, 3.05) is 26.9 Å². The third-order valence-electron chi connectivity index (χ3n) is 2.63. The van der Waals surface area contributed by atoms with E-state index in [1.165, 1.54) is 7.11 Å². The number of carbonyl (C=O) groups excluding carboxylic acids is 1. The molecule has 0 aliphatic carbocycles. The Morgan fingerprint density at radius 2 is 2.29 bits per heavy atom. The highest BCUT2D eigenvalue weighted by molar-refractivity contribution is 5.75. The summed E-state index contributed by atoms with van der Waals surface area (Å²) in [4.78, 5) is 11.5. The molecule has 0 bridgehead atoms. The van der Waals surface area contributed by atoms with Crippen LogP contribution < -0.4 is 5.32 Å². The fraction of sp³-hybridized carbons (Fsp3) is 0.917. The monoisotopic (exact) mass is 245 g/mol. The van der Waals surface area contributed by atoms with Gasteiger partial charge >= 0.3 is 5.97 Å². The molecule has 0 aromatic rings. The van der Waals surface area contributed by atoms with Crippen molar-refractivity contribution in [2.24, 2.45) is 0 Å². The van der Waals surface area contributed by atoms with E-state index in [2.05, 4.69) is 5.32 Å². The second kappa shape index (κ2) is 7.63. The minimum absolute atomic E-state index is 0.187. The van der Waals surface area contributed by atoms with Crippen LogP contribution in [0.25, 0.3) is 0 Å². The molecule has 0 amide bonds. The van der Waals surface area contributed by atoms with Crippen molar-refractivity contribution in [2.45, 2.75) is 44.9 Å². The van der Waals surface area contributed by atoms with Crippen LogP contribution in [0.5, 0.6) is 0 Å². The van der Waals surface area contributed by atoms with Gasteiger partial charge in [-0.2, -0.15) is 0 Å². The minimum Gasteiger partial charge on any atom is -0.468 e. The maximum Gasteiger partial charge on any atom is 0.325 e. The summed E-state index contributed by atoms with van der Waals surface area (Å²) in [5.74, 6) is -0.286. The lowest BCUT2D eigenvalue weighted by Gasteiger charge is -2.19. The summed E-state index contributed by atoms with van der Waals surface area (Å²) in [5, 5.41) is 3.12. The highest BCUT2D eigenvalue weighted by Crippen LogP contribution is 2.12. The fourth-order valence-corrected chi connectivity index (χ4v) is 1.82. The molecule has 0 saturated carbocycles. The number of hydrogen-bond acceptors (Lipinski definition) is 5. The standard InChI is InChI=1S/C12H23NO4/c1-9(2)13-11(12(14)15-3)8-16-7-10-5-4-6-17-10/h9-11,13H,4-8H2,1-3H3.